The number of halogens is 1. The van der Waals surface area contributed by atoms with E-state index >= 15 is 0 Å². The fourth-order valence-electron chi connectivity index (χ4n) is 7.39. The van der Waals surface area contributed by atoms with Crippen LogP contribution in [0.3, 0.4) is 0 Å². The van der Waals surface area contributed by atoms with Crippen molar-refractivity contribution in [2.75, 3.05) is 65.0 Å². The van der Waals surface area contributed by atoms with Gasteiger partial charge in [0.2, 0.25) is 17.8 Å². The van der Waals surface area contributed by atoms with Crippen molar-refractivity contribution < 1.29 is 28.4 Å². The van der Waals surface area contributed by atoms with E-state index in [1.54, 1.807) is 43.3 Å². The molecule has 0 spiro atoms. The largest absolute Gasteiger partial charge is 0.369 e. The van der Waals surface area contributed by atoms with Crippen LogP contribution in [0, 0.1) is 17.7 Å². The second-order valence-electron chi connectivity index (χ2n) is 13.9. The Hall–Kier alpha value is -6.86. The zero-order valence-electron chi connectivity index (χ0n) is 30.3. The Kier molecular flexibility index (Phi) is 9.75. The van der Waals surface area contributed by atoms with Gasteiger partial charge in [-0.05, 0) is 79.9 Å². The Bertz CT molecular complexity index is 2310. The Morgan fingerprint density at radius 1 is 0.839 bits per heavy atom. The van der Waals surface area contributed by atoms with Gasteiger partial charge in [0.15, 0.2) is 11.6 Å². The molecule has 5 heterocycles. The van der Waals surface area contributed by atoms with Gasteiger partial charge in [-0.15, -0.1) is 0 Å². The van der Waals surface area contributed by atoms with Gasteiger partial charge >= 0.3 is 0 Å². The number of piperazine rings is 1. The minimum Gasteiger partial charge on any atom is -0.369 e. The summed E-state index contributed by atoms with van der Waals surface area (Å²) in [5.74, 6) is 2.02. The molecule has 3 saturated heterocycles. The summed E-state index contributed by atoms with van der Waals surface area (Å²) in [6, 6.07) is 19.3. The molecule has 4 aromatic rings. The van der Waals surface area contributed by atoms with E-state index < -0.39 is 41.4 Å². The molecule has 3 fully saturated rings. The third-order valence-corrected chi connectivity index (χ3v) is 10.3. The zero-order valence-corrected chi connectivity index (χ0v) is 30.3. The maximum Gasteiger partial charge on any atom is 0.300 e. The first-order chi connectivity index (χ1) is 27.1. The van der Waals surface area contributed by atoms with E-state index in [2.05, 4.69) is 57.8 Å². The van der Waals surface area contributed by atoms with Crippen molar-refractivity contribution in [1.29, 1.82) is 0 Å². The summed E-state index contributed by atoms with van der Waals surface area (Å²) in [4.78, 5) is 78.6. The second-order valence-corrected chi connectivity index (χ2v) is 13.9. The number of piperidine rings is 1. The van der Waals surface area contributed by atoms with Crippen molar-refractivity contribution in [3.63, 3.8) is 0 Å². The number of benzene rings is 3. The van der Waals surface area contributed by atoms with Gasteiger partial charge < -0.3 is 25.8 Å². The molecule has 0 aliphatic carbocycles. The number of fused-ring (bicyclic) bond motifs is 1. The van der Waals surface area contributed by atoms with Crippen LogP contribution in [0.4, 0.5) is 44.6 Å². The molecule has 284 valence electrons. The summed E-state index contributed by atoms with van der Waals surface area (Å²) >= 11 is 0. The molecule has 16 heteroatoms. The van der Waals surface area contributed by atoms with E-state index in [4.69, 9.17) is 0 Å². The van der Waals surface area contributed by atoms with Crippen molar-refractivity contribution in [3.05, 3.63) is 89.9 Å². The molecule has 0 radical (unpaired) electrons. The van der Waals surface area contributed by atoms with E-state index in [0.29, 0.717) is 17.4 Å². The number of anilines is 7. The number of carbonyl (C=O) groups is 5. The lowest BCUT2D eigenvalue weighted by atomic mass is 10.0. The molecule has 1 atom stereocenters. The van der Waals surface area contributed by atoms with Gasteiger partial charge in [-0.1, -0.05) is 12.0 Å². The first kappa shape index (κ1) is 36.1. The molecular formula is C40H37FN10O5. The lowest BCUT2D eigenvalue weighted by Crippen LogP contribution is -2.63. The van der Waals surface area contributed by atoms with Gasteiger partial charge in [-0.25, -0.2) is 9.37 Å². The van der Waals surface area contributed by atoms with E-state index in [1.807, 2.05) is 30.3 Å². The standard InChI is InChI=1S/C40H37FN10O5/c1-2-4-34(52)43-25-5-3-6-26(19-25)44-36-32(41)21-42-40(47-36)45-24-7-9-27(10-8-24)48-15-17-49(18-16-48)29-22-50(23-29)28-11-12-30-31(20-28)39(56)51(38(30)55)33-13-14-35(53)46-37(33)54/h3,5-12,19-21,29,33H,13-18,22-23H2,1H3,(H,43,52)(H,46,53,54)(H2,42,44,45,47). The molecule has 4 N–H and O–H groups in total. The number of hydrogen-bond donors (Lipinski definition) is 4. The van der Waals surface area contributed by atoms with E-state index in [0.717, 1.165) is 67.4 Å². The molecule has 1 aromatic heterocycles. The fraction of sp³-hybridized carbons (Fsp3) is 0.275. The SMILES string of the molecule is CC#CC(=O)Nc1cccc(Nc2nc(Nc3ccc(N4CCN(C5CN(c6ccc7c(c6)C(=O)N(C6CCC(=O)NC6=O)C7=O)C5)CC4)cc3)ncc2F)c1. The summed E-state index contributed by atoms with van der Waals surface area (Å²) < 4.78 is 14.7. The molecule has 8 rings (SSSR count). The number of nitrogens with zero attached hydrogens (tertiary/aromatic N) is 6. The minimum absolute atomic E-state index is 0.0272. The normalized spacial score (nSPS) is 18.5. The molecule has 0 bridgehead atoms. The van der Waals surface area contributed by atoms with Crippen molar-refractivity contribution in [1.82, 2.24) is 25.1 Å². The van der Waals surface area contributed by atoms with Crippen molar-refractivity contribution in [3.8, 4) is 11.8 Å². The average Bonchev–Trinajstić information content (AvgIpc) is 3.41. The van der Waals surface area contributed by atoms with Gasteiger partial charge in [0.25, 0.3) is 17.7 Å². The number of hydrogen-bond acceptors (Lipinski definition) is 12. The van der Waals surface area contributed by atoms with Crippen molar-refractivity contribution >= 4 is 69.7 Å². The highest BCUT2D eigenvalue weighted by atomic mass is 19.1. The van der Waals surface area contributed by atoms with Crippen LogP contribution in [0.5, 0.6) is 0 Å². The van der Waals surface area contributed by atoms with Crippen LogP contribution >= 0.6 is 0 Å². The van der Waals surface area contributed by atoms with Gasteiger partial charge in [-0.3, -0.25) is 39.1 Å². The fourth-order valence-corrected chi connectivity index (χ4v) is 7.39. The number of amides is 5. The minimum atomic E-state index is -0.987. The maximum absolute atomic E-state index is 14.7. The number of nitrogens with one attached hydrogen (secondary N) is 4. The van der Waals surface area contributed by atoms with Crippen molar-refractivity contribution in [2.24, 2.45) is 0 Å². The van der Waals surface area contributed by atoms with Crippen LogP contribution in [0.2, 0.25) is 0 Å². The highest BCUT2D eigenvalue weighted by Crippen LogP contribution is 2.33. The molecule has 1 unspecified atom stereocenters. The van der Waals surface area contributed by atoms with Crippen molar-refractivity contribution in [2.45, 2.75) is 31.8 Å². The predicted molar refractivity (Wildman–Crippen MR) is 206 cm³/mol. The molecule has 3 aromatic carbocycles. The summed E-state index contributed by atoms with van der Waals surface area (Å²) in [5.41, 5.74) is 4.25. The van der Waals surface area contributed by atoms with E-state index in [-0.39, 0.29) is 35.7 Å². The monoisotopic (exact) mass is 756 g/mol. The highest BCUT2D eigenvalue weighted by molar-refractivity contribution is 6.23. The average molecular weight is 757 g/mol. The third kappa shape index (κ3) is 7.31. The molecular weight excluding hydrogens is 720 g/mol. The summed E-state index contributed by atoms with van der Waals surface area (Å²) in [7, 11) is 0. The van der Waals surface area contributed by atoms with Gasteiger partial charge in [0.1, 0.15) is 6.04 Å². The van der Waals surface area contributed by atoms with E-state index in [1.165, 1.54) is 0 Å². The lowest BCUT2D eigenvalue weighted by molar-refractivity contribution is -0.136. The Morgan fingerprint density at radius 3 is 2.32 bits per heavy atom. The van der Waals surface area contributed by atoms with Gasteiger partial charge in [0, 0.05) is 80.2 Å². The molecule has 4 aliphatic heterocycles. The third-order valence-electron chi connectivity index (χ3n) is 10.3. The summed E-state index contributed by atoms with van der Waals surface area (Å²) in [6.07, 6.45) is 1.29. The van der Waals surface area contributed by atoms with Crippen LogP contribution in [0.1, 0.15) is 40.5 Å². The van der Waals surface area contributed by atoms with Crippen LogP contribution in [0.25, 0.3) is 0 Å². The van der Waals surface area contributed by atoms with E-state index in [9.17, 15) is 28.4 Å². The quantitative estimate of drug-likeness (QED) is 0.145. The highest BCUT2D eigenvalue weighted by Gasteiger charge is 2.45. The smallest absolute Gasteiger partial charge is 0.300 e. The number of rotatable bonds is 9. The van der Waals surface area contributed by atoms with Crippen LogP contribution in [0.15, 0.2) is 72.9 Å². The molecule has 5 amide bonds. The second kappa shape index (κ2) is 15.1. The molecule has 15 nitrogen and oxygen atoms in total. The van der Waals surface area contributed by atoms with Crippen LogP contribution in [-0.4, -0.2) is 101 Å². The molecule has 4 aliphatic rings. The topological polar surface area (TPSA) is 172 Å². The van der Waals surface area contributed by atoms with Gasteiger partial charge in [-0.2, -0.15) is 4.98 Å². The van der Waals surface area contributed by atoms with Gasteiger partial charge in [0.05, 0.1) is 17.3 Å². The number of imide groups is 2. The lowest BCUT2D eigenvalue weighted by Gasteiger charge is -2.49. The Labute approximate surface area is 321 Å². The van der Waals surface area contributed by atoms with Crippen LogP contribution in [-0.2, 0) is 14.4 Å². The number of aromatic nitrogens is 2. The summed E-state index contributed by atoms with van der Waals surface area (Å²) in [6.45, 7) is 6.63. The Balaban J connectivity index is 0.821. The first-order valence-electron chi connectivity index (χ1n) is 18.2. The first-order valence-corrected chi connectivity index (χ1v) is 18.2. The predicted octanol–water partition coefficient (Wildman–Crippen LogP) is 3.48. The molecule has 0 saturated carbocycles. The molecule has 56 heavy (non-hydrogen) atoms. The van der Waals surface area contributed by atoms with Crippen LogP contribution < -0.4 is 31.1 Å². The summed E-state index contributed by atoms with van der Waals surface area (Å²) in [5, 5.41) is 11.0. The Morgan fingerprint density at radius 2 is 1.57 bits per heavy atom. The maximum atomic E-state index is 14.7. The number of carbonyl (C=O) groups excluding carboxylic acids is 5. The zero-order chi connectivity index (χ0) is 38.9.